The maximum absolute atomic E-state index is 10.8. The molecule has 128 valence electrons. The lowest BCUT2D eigenvalue weighted by Crippen LogP contribution is -2.02. The van der Waals surface area contributed by atoms with Crippen LogP contribution in [0.2, 0.25) is 0 Å². The molecule has 0 aromatic heterocycles. The molecule has 1 fully saturated rings. The van der Waals surface area contributed by atoms with Crippen molar-refractivity contribution in [2.75, 3.05) is 0 Å². The molecule has 20 heteroatoms. The molecule has 0 bridgehead atoms. The summed E-state index contributed by atoms with van der Waals surface area (Å²) in [6.45, 7) is 0. The molecule has 0 unspecified atom stereocenters. The molecule has 16 nitrogen and oxygen atoms in total. The molecule has 1 aliphatic heterocycles. The van der Waals surface area contributed by atoms with E-state index in [4.69, 9.17) is 19.6 Å². The van der Waals surface area contributed by atoms with Crippen LogP contribution in [0.25, 0.3) is 0 Å². The van der Waals surface area contributed by atoms with Gasteiger partial charge >= 0.3 is 31.3 Å². The summed E-state index contributed by atoms with van der Waals surface area (Å²) >= 11 is 0. The Labute approximate surface area is 112 Å². The fourth-order valence-corrected chi connectivity index (χ4v) is 6.30. The Morgan fingerprint density at radius 2 is 0.550 bits per heavy atom. The van der Waals surface area contributed by atoms with E-state index >= 15 is 0 Å². The molecule has 0 amide bonds. The van der Waals surface area contributed by atoms with Crippen molar-refractivity contribution in [3.63, 3.8) is 0 Å². The Morgan fingerprint density at radius 1 is 0.450 bits per heavy atom. The zero-order chi connectivity index (χ0) is 12.8. The van der Waals surface area contributed by atoms with E-state index in [9.17, 15) is 18.3 Å². The van der Waals surface area contributed by atoms with Gasteiger partial charge in [0.05, 0.1) is 0 Å². The molecule has 20 heavy (non-hydrogen) atoms. The lowest BCUT2D eigenvalue weighted by Gasteiger charge is -2.23. The van der Waals surface area contributed by atoms with Gasteiger partial charge in [0.15, 0.2) is 0 Å². The zero-order valence-electron chi connectivity index (χ0n) is 9.67. The largest absolute Gasteiger partial charge is 0.490 e. The van der Waals surface area contributed by atoms with Gasteiger partial charge in [-0.1, -0.05) is 0 Å². The van der Waals surface area contributed by atoms with Crippen molar-refractivity contribution in [3.8, 4) is 0 Å². The van der Waals surface area contributed by atoms with Gasteiger partial charge in [0.1, 0.15) is 0 Å². The Morgan fingerprint density at radius 3 is 0.650 bits per heavy atom. The minimum atomic E-state index is -5.47. The van der Waals surface area contributed by atoms with Gasteiger partial charge in [0.25, 0.3) is 0 Å². The summed E-state index contributed by atoms with van der Waals surface area (Å²) in [6.07, 6.45) is 0. The molecule has 1 heterocycles. The Balaban J connectivity index is -0.000000320. The fourth-order valence-electron chi connectivity index (χ4n) is 0.581. The van der Waals surface area contributed by atoms with Crippen LogP contribution in [0.4, 0.5) is 0 Å². The first-order valence-corrected chi connectivity index (χ1v) is 8.97. The summed E-state index contributed by atoms with van der Waals surface area (Å²) in [5, 5.41) is 0. The summed E-state index contributed by atoms with van der Waals surface area (Å²) in [5.74, 6) is 0. The van der Waals surface area contributed by atoms with Crippen molar-refractivity contribution < 1.29 is 55.1 Å². The number of phosphoric acid groups is 4. The molecule has 0 saturated carbocycles. The first kappa shape index (κ1) is 28.6. The van der Waals surface area contributed by atoms with Crippen LogP contribution in [-0.2, 0) is 35.5 Å². The second-order valence-electron chi connectivity index (χ2n) is 2.20. The highest BCUT2D eigenvalue weighted by molar-refractivity contribution is 7.74. The van der Waals surface area contributed by atoms with Crippen LogP contribution in [0.5, 0.6) is 0 Å². The van der Waals surface area contributed by atoms with Gasteiger partial charge in [0.2, 0.25) is 0 Å². The van der Waals surface area contributed by atoms with Crippen molar-refractivity contribution in [2.45, 2.75) is 0 Å². The predicted molar refractivity (Wildman–Crippen MR) is 63.7 cm³/mol. The molecule has 0 spiro atoms. The minimum Gasteiger partial charge on any atom is -0.344 e. The van der Waals surface area contributed by atoms with E-state index in [0.717, 1.165) is 0 Å². The van der Waals surface area contributed by atoms with Crippen molar-refractivity contribution >= 4 is 31.3 Å². The normalized spacial score (nSPS) is 44.2. The third-order valence-electron chi connectivity index (χ3n) is 0.825. The molecule has 0 aromatic rings. The molecule has 0 radical (unpaired) electrons. The van der Waals surface area contributed by atoms with E-state index in [1.165, 1.54) is 0 Å². The van der Waals surface area contributed by atoms with E-state index in [2.05, 4.69) is 17.2 Å². The van der Waals surface area contributed by atoms with Gasteiger partial charge in [-0.25, -0.2) is 18.3 Å². The summed E-state index contributed by atoms with van der Waals surface area (Å²) in [6, 6.07) is 0. The quantitative estimate of drug-likeness (QED) is 0.269. The van der Waals surface area contributed by atoms with Gasteiger partial charge in [-0.2, -0.15) is 17.2 Å². The second-order valence-corrected chi connectivity index (χ2v) is 8.56. The van der Waals surface area contributed by atoms with Gasteiger partial charge < -0.3 is 44.2 Å². The highest BCUT2D eigenvalue weighted by atomic mass is 31.3. The van der Waals surface area contributed by atoms with Crippen molar-refractivity contribution in [2.24, 2.45) is 0 Å². The third kappa shape index (κ3) is 9.39. The maximum Gasteiger partial charge on any atom is 0.490 e. The summed E-state index contributed by atoms with van der Waals surface area (Å²) in [7, 11) is -21.9. The van der Waals surface area contributed by atoms with Crippen LogP contribution in [-0.4, -0.2) is 19.6 Å². The molecular weight excluding hydrogens is 372 g/mol. The monoisotopic (exact) mass is 388 g/mol. The molecule has 1 rings (SSSR count). The highest BCUT2D eigenvalue weighted by Crippen LogP contribution is 2.78. The average molecular weight is 388 g/mol. The fraction of sp³-hybridized carbons (Fsp3) is 0. The summed E-state index contributed by atoms with van der Waals surface area (Å²) < 4.78 is 56.5. The van der Waals surface area contributed by atoms with E-state index in [-0.39, 0.29) is 24.6 Å². The average Bonchev–Trinajstić information content (AvgIpc) is 1.67. The van der Waals surface area contributed by atoms with Crippen molar-refractivity contribution in [1.29, 1.82) is 0 Å². The van der Waals surface area contributed by atoms with Crippen LogP contribution in [0, 0.1) is 0 Å². The molecule has 0 atom stereocenters. The van der Waals surface area contributed by atoms with Crippen LogP contribution in [0.15, 0.2) is 0 Å². The maximum atomic E-state index is 10.8. The van der Waals surface area contributed by atoms with Gasteiger partial charge in [0, 0.05) is 0 Å². The zero-order valence-corrected chi connectivity index (χ0v) is 13.2. The molecule has 1 aliphatic rings. The van der Waals surface area contributed by atoms with Gasteiger partial charge in [-0.05, 0) is 0 Å². The van der Waals surface area contributed by atoms with E-state index < -0.39 is 31.3 Å². The van der Waals surface area contributed by atoms with E-state index in [1.807, 2.05) is 0 Å². The van der Waals surface area contributed by atoms with Crippen LogP contribution in [0.3, 0.4) is 0 Å². The van der Waals surface area contributed by atoms with Crippen LogP contribution < -0.4 is 24.6 Å². The first-order chi connectivity index (χ1) is 6.83. The Hall–Kier alpha value is 0.440. The van der Waals surface area contributed by atoms with E-state index in [0.29, 0.717) is 0 Å². The third-order valence-corrected chi connectivity index (χ3v) is 7.43. The molecule has 0 aromatic carbocycles. The smallest absolute Gasteiger partial charge is 0.344 e. The van der Waals surface area contributed by atoms with Crippen LogP contribution >= 0.6 is 31.3 Å². The summed E-state index contributed by atoms with van der Waals surface area (Å²) in [4.78, 5) is 34.5. The number of hydrogen-bond acceptors (Lipinski definition) is 12. The first-order valence-electron chi connectivity index (χ1n) is 2.99. The van der Waals surface area contributed by atoms with Crippen molar-refractivity contribution in [1.82, 2.24) is 24.6 Å². The Kier molecular flexibility index (Phi) is 11.7. The minimum absolute atomic E-state index is 0. The molecular formula is H16N4O12P4. The molecule has 16 N–H and O–H groups in total. The second kappa shape index (κ2) is 8.17. The SMILES string of the molecule is N.N.N.N.O=P1(O)OP(=O)(O)OP(=O)(O)OP(=O)(O)O1. The summed E-state index contributed by atoms with van der Waals surface area (Å²) in [5.41, 5.74) is 0. The Bertz CT molecular complexity index is 372. The standard InChI is InChI=1S/4H3N.H4O12P4/c;;;;1-13(2)9-14(3,4)11-16(7,8)12-15(5,6)10-13/h4*1H3;(H,1,2)(H,3,4)(H,5,6)(H,7,8). The van der Waals surface area contributed by atoms with E-state index in [1.54, 1.807) is 0 Å². The van der Waals surface area contributed by atoms with Gasteiger partial charge in [-0.3, -0.25) is 0 Å². The highest BCUT2D eigenvalue weighted by Gasteiger charge is 2.52. The van der Waals surface area contributed by atoms with Crippen molar-refractivity contribution in [3.05, 3.63) is 0 Å². The molecule has 1 saturated heterocycles. The number of rotatable bonds is 0. The van der Waals surface area contributed by atoms with Crippen LogP contribution in [0.1, 0.15) is 0 Å². The number of hydrogen-bond donors (Lipinski definition) is 8. The molecule has 0 aliphatic carbocycles. The lowest BCUT2D eigenvalue weighted by molar-refractivity contribution is 0.165. The lowest BCUT2D eigenvalue weighted by atomic mass is 14.0. The topological polar surface area (TPSA) is 326 Å². The predicted octanol–water partition coefficient (Wildman–Crippen LogP) is 1.12. The van der Waals surface area contributed by atoms with Gasteiger partial charge in [-0.15, -0.1) is 0 Å².